The van der Waals surface area contributed by atoms with Crippen molar-refractivity contribution in [2.75, 3.05) is 6.16 Å². The van der Waals surface area contributed by atoms with Crippen molar-refractivity contribution in [2.45, 2.75) is 58.8 Å². The molecule has 6 aromatic rings. The Kier molecular flexibility index (Phi) is 9.92. The van der Waals surface area contributed by atoms with E-state index in [1.807, 2.05) is 0 Å². The van der Waals surface area contributed by atoms with Crippen molar-refractivity contribution in [1.82, 2.24) is 0 Å². The van der Waals surface area contributed by atoms with Gasteiger partial charge < -0.3 is 0 Å². The van der Waals surface area contributed by atoms with Gasteiger partial charge >= 0.3 is 5.92 Å². The van der Waals surface area contributed by atoms with Gasteiger partial charge in [0, 0.05) is 32.8 Å². The largest absolute Gasteiger partial charge is 0.303 e. The van der Waals surface area contributed by atoms with Crippen molar-refractivity contribution < 1.29 is 79.0 Å². The molecule has 0 aliphatic heterocycles. The molecule has 1 unspecified atom stereocenters. The van der Waals surface area contributed by atoms with E-state index in [0.717, 1.165) is 0 Å². The van der Waals surface area contributed by atoms with Gasteiger partial charge in [-0.25, -0.2) is 70.2 Å². The van der Waals surface area contributed by atoms with E-state index in [1.54, 1.807) is 6.92 Å². The van der Waals surface area contributed by atoms with Crippen LogP contribution >= 0.6 is 7.92 Å². The van der Waals surface area contributed by atoms with Crippen molar-refractivity contribution in [1.29, 1.82) is 0 Å². The van der Waals surface area contributed by atoms with E-state index in [4.69, 9.17) is 0 Å². The number of fused-ring (bicyclic) bond motifs is 3. The molecular weight excluding hydrogens is 841 g/mol. The average molecular weight is 863 g/mol. The molecule has 0 N–H and O–H groups in total. The monoisotopic (exact) mass is 862 g/mol. The normalized spacial score (nSPS) is 14.4. The minimum atomic E-state index is -5.41. The summed E-state index contributed by atoms with van der Waals surface area (Å²) in [4.78, 5) is 0. The molecule has 0 saturated heterocycles. The van der Waals surface area contributed by atoms with Gasteiger partial charge in [0.05, 0.1) is 32.4 Å². The molecule has 6 aromatic carbocycles. The van der Waals surface area contributed by atoms with Crippen LogP contribution in [0.4, 0.5) is 79.0 Å². The van der Waals surface area contributed by atoms with E-state index in [9.17, 15) is 22.0 Å². The SMILES string of the molecule is CCCCCCC(C)(C)CP(c1c(F)c(F)c(F)c2c1C(F)(F)c1c(F)c(F)c(F)c(F)c1-2)c1c(F)c2c(F)c(F)c3c(F)c(F)c(F)c4c(F)c(F)c(c1F)c2c34. The van der Waals surface area contributed by atoms with Crippen molar-refractivity contribution in [2.24, 2.45) is 5.41 Å². The minimum Gasteiger partial charge on any atom is -0.205 e. The number of rotatable bonds is 9. The Morgan fingerprint density at radius 1 is 0.397 bits per heavy atom. The molecule has 1 atom stereocenters. The van der Waals surface area contributed by atoms with Crippen LogP contribution in [-0.4, -0.2) is 6.16 Å². The maximum Gasteiger partial charge on any atom is 0.303 e. The second-order valence-electron chi connectivity index (χ2n) is 14.6. The molecule has 1 aliphatic carbocycles. The van der Waals surface area contributed by atoms with Gasteiger partial charge in [-0.15, -0.1) is 0 Å². The molecule has 0 bridgehead atoms. The van der Waals surface area contributed by atoms with E-state index < -0.39 is 184 Å². The maximum atomic E-state index is 17.1. The summed E-state index contributed by atoms with van der Waals surface area (Å²) in [5, 5.41) is -15.1. The highest BCUT2D eigenvalue weighted by atomic mass is 31.1. The molecule has 7 rings (SSSR count). The molecule has 0 amide bonds. The number of hydrogen-bond acceptors (Lipinski definition) is 0. The zero-order valence-corrected chi connectivity index (χ0v) is 30.4. The Labute approximate surface area is 315 Å². The summed E-state index contributed by atoms with van der Waals surface area (Å²) in [5.41, 5.74) is -10.6. The molecule has 0 nitrogen and oxygen atoms in total. The first-order valence-corrected chi connectivity index (χ1v) is 18.6. The molecule has 308 valence electrons. The molecule has 0 spiro atoms. The molecule has 58 heavy (non-hydrogen) atoms. The van der Waals surface area contributed by atoms with Crippen LogP contribution in [0.3, 0.4) is 0 Å². The second-order valence-corrected chi connectivity index (χ2v) is 16.7. The highest BCUT2D eigenvalue weighted by Crippen LogP contribution is 2.59. The predicted molar refractivity (Wildman–Crippen MR) is 178 cm³/mol. The lowest BCUT2D eigenvalue weighted by Gasteiger charge is -2.33. The lowest BCUT2D eigenvalue weighted by Crippen LogP contribution is -2.34. The average Bonchev–Trinajstić information content (AvgIpc) is 3.40. The third-order valence-corrected chi connectivity index (χ3v) is 13.5. The third kappa shape index (κ3) is 5.44. The number of alkyl halides is 2. The standard InChI is InChI=1S/C39H21F18P/c1-4-5-6-7-8-38(2,3)9-58(36-19-13(21(41)33(53)35(36)55)12-18(39(19,56)57)30(50)34(54)32(52)20(12)40)37-28(48)16-11-10-14(22(42)24(16)44)26(46)31(51)27(47)15(10)23(43)25(45)17(11)29(37)49/h4-9H2,1-3H3. The van der Waals surface area contributed by atoms with E-state index in [0.29, 0.717) is 19.3 Å². The van der Waals surface area contributed by atoms with E-state index in [1.165, 1.54) is 13.8 Å². The summed E-state index contributed by atoms with van der Waals surface area (Å²) in [6.45, 7) is 4.37. The number of benzene rings is 6. The van der Waals surface area contributed by atoms with Gasteiger partial charge in [0.2, 0.25) is 0 Å². The van der Waals surface area contributed by atoms with Gasteiger partial charge in [0.15, 0.2) is 81.4 Å². The Bertz CT molecular complexity index is 2680. The summed E-state index contributed by atoms with van der Waals surface area (Å²) >= 11 is 0. The van der Waals surface area contributed by atoms with Crippen LogP contribution in [0.5, 0.6) is 0 Å². The topological polar surface area (TPSA) is 0 Å². The Morgan fingerprint density at radius 3 is 1.24 bits per heavy atom. The lowest BCUT2D eigenvalue weighted by molar-refractivity contribution is 0.0435. The quantitative estimate of drug-likeness (QED) is 0.0339. The zero-order valence-electron chi connectivity index (χ0n) is 29.5. The maximum absolute atomic E-state index is 17.1. The summed E-state index contributed by atoms with van der Waals surface area (Å²) in [7, 11) is -4.00. The van der Waals surface area contributed by atoms with Gasteiger partial charge in [-0.2, -0.15) is 8.78 Å². The van der Waals surface area contributed by atoms with Crippen molar-refractivity contribution in [3.63, 3.8) is 0 Å². The number of hydrogen-bond donors (Lipinski definition) is 0. The number of halogens is 18. The summed E-state index contributed by atoms with van der Waals surface area (Å²) in [6.07, 6.45) is 0.842. The van der Waals surface area contributed by atoms with Crippen LogP contribution in [-0.2, 0) is 5.92 Å². The summed E-state index contributed by atoms with van der Waals surface area (Å²) < 4.78 is 282. The number of unbranched alkanes of at least 4 members (excludes halogenated alkanes) is 3. The van der Waals surface area contributed by atoms with Gasteiger partial charge in [0.1, 0.15) is 11.6 Å². The Morgan fingerprint density at radius 2 is 0.776 bits per heavy atom. The molecule has 1 aliphatic rings. The van der Waals surface area contributed by atoms with Crippen LogP contribution in [0.1, 0.15) is 64.0 Å². The third-order valence-electron chi connectivity index (χ3n) is 10.5. The molecule has 0 radical (unpaired) electrons. The first-order valence-electron chi connectivity index (χ1n) is 17.1. The van der Waals surface area contributed by atoms with E-state index >= 15 is 57.1 Å². The van der Waals surface area contributed by atoms with Crippen LogP contribution in [0.25, 0.3) is 43.4 Å². The zero-order chi connectivity index (χ0) is 43.0. The Balaban J connectivity index is 1.69. The van der Waals surface area contributed by atoms with Crippen molar-refractivity contribution in [3.05, 3.63) is 104 Å². The summed E-state index contributed by atoms with van der Waals surface area (Å²) in [6, 6.07) is 0. The fourth-order valence-electron chi connectivity index (χ4n) is 7.87. The van der Waals surface area contributed by atoms with Crippen LogP contribution in [0.2, 0.25) is 0 Å². The minimum absolute atomic E-state index is 0.0523. The van der Waals surface area contributed by atoms with Gasteiger partial charge in [-0.05, 0) is 25.9 Å². The van der Waals surface area contributed by atoms with Crippen LogP contribution in [0, 0.1) is 98.5 Å². The highest BCUT2D eigenvalue weighted by Gasteiger charge is 2.56. The van der Waals surface area contributed by atoms with Gasteiger partial charge in [0.25, 0.3) is 0 Å². The first-order chi connectivity index (χ1) is 27.0. The smallest absolute Gasteiger partial charge is 0.205 e. The molecule has 0 heterocycles. The van der Waals surface area contributed by atoms with Crippen LogP contribution in [0.15, 0.2) is 0 Å². The summed E-state index contributed by atoms with van der Waals surface area (Å²) in [5.74, 6) is -48.1. The van der Waals surface area contributed by atoms with Crippen LogP contribution < -0.4 is 10.6 Å². The molecule has 0 aromatic heterocycles. The first kappa shape index (κ1) is 41.7. The highest BCUT2D eigenvalue weighted by molar-refractivity contribution is 7.73. The fourth-order valence-corrected chi connectivity index (χ4v) is 11.0. The van der Waals surface area contributed by atoms with Gasteiger partial charge in [-0.3, -0.25) is 0 Å². The van der Waals surface area contributed by atoms with Gasteiger partial charge in [-0.1, -0.05) is 46.5 Å². The Hall–Kier alpha value is -4.47. The molecule has 0 saturated carbocycles. The van der Waals surface area contributed by atoms with E-state index in [2.05, 4.69) is 0 Å². The van der Waals surface area contributed by atoms with Crippen molar-refractivity contribution in [3.8, 4) is 11.1 Å². The molecule has 19 heteroatoms. The second kappa shape index (κ2) is 13.8. The predicted octanol–water partition coefficient (Wildman–Crippen LogP) is 13.4. The fraction of sp³-hybridized carbons (Fsp3) is 0.282. The lowest BCUT2D eigenvalue weighted by atomic mass is 9.89. The van der Waals surface area contributed by atoms with E-state index in [-0.39, 0.29) is 12.8 Å². The van der Waals surface area contributed by atoms with Crippen molar-refractivity contribution >= 4 is 50.8 Å². The molecular formula is C39H21F18P. The molecule has 0 fully saturated rings.